The number of hydrogen-bond acceptors (Lipinski definition) is 8. The third-order valence-corrected chi connectivity index (χ3v) is 6.39. The van der Waals surface area contributed by atoms with Gasteiger partial charge in [0.15, 0.2) is 23.0 Å². The highest BCUT2D eigenvalue weighted by Gasteiger charge is 2.22. The molecule has 0 spiro atoms. The molecule has 0 saturated carbocycles. The van der Waals surface area contributed by atoms with Gasteiger partial charge in [-0.3, -0.25) is 4.99 Å². The third kappa shape index (κ3) is 5.49. The first-order valence-electron chi connectivity index (χ1n) is 11.8. The van der Waals surface area contributed by atoms with Crippen molar-refractivity contribution in [3.63, 3.8) is 0 Å². The molecule has 0 aromatic heterocycles. The molecule has 3 aromatic rings. The zero-order valence-corrected chi connectivity index (χ0v) is 20.8. The van der Waals surface area contributed by atoms with Gasteiger partial charge in [-0.15, -0.1) is 0 Å². The van der Waals surface area contributed by atoms with Gasteiger partial charge in [-0.05, 0) is 74.4 Å². The minimum Gasteiger partial charge on any atom is -0.508 e. The maximum atomic E-state index is 11.1. The number of aliphatic imine (C=N–C) groups is 1. The first kappa shape index (κ1) is 25.2. The summed E-state index contributed by atoms with van der Waals surface area (Å²) >= 11 is 0. The number of benzene rings is 3. The van der Waals surface area contributed by atoms with Crippen molar-refractivity contribution < 1.29 is 29.5 Å². The Kier molecular flexibility index (Phi) is 7.85. The monoisotopic (exact) mass is 492 g/mol. The predicted molar refractivity (Wildman–Crippen MR) is 140 cm³/mol. The fraction of sp³-hybridized carbons (Fsp3) is 0.321. The van der Waals surface area contributed by atoms with Crippen LogP contribution in [0.2, 0.25) is 0 Å². The van der Waals surface area contributed by atoms with Crippen molar-refractivity contribution in [3.05, 3.63) is 48.5 Å². The molecular formula is C28H32N2O6. The van der Waals surface area contributed by atoms with E-state index in [9.17, 15) is 15.3 Å². The summed E-state index contributed by atoms with van der Waals surface area (Å²) in [5.41, 5.74) is 2.24. The second-order valence-corrected chi connectivity index (χ2v) is 8.79. The molecule has 8 heteroatoms. The Bertz CT molecular complexity index is 1220. The van der Waals surface area contributed by atoms with Gasteiger partial charge in [-0.25, -0.2) is 0 Å². The van der Waals surface area contributed by atoms with E-state index >= 15 is 0 Å². The average Bonchev–Trinajstić information content (AvgIpc) is 2.88. The summed E-state index contributed by atoms with van der Waals surface area (Å²) in [6.45, 7) is 2.34. The van der Waals surface area contributed by atoms with E-state index in [1.54, 1.807) is 48.7 Å². The lowest BCUT2D eigenvalue weighted by molar-refractivity contribution is 0.257. The summed E-state index contributed by atoms with van der Waals surface area (Å²) in [5.74, 6) is 0.911. The van der Waals surface area contributed by atoms with Crippen LogP contribution >= 0.6 is 0 Å². The second-order valence-electron chi connectivity index (χ2n) is 8.79. The average molecular weight is 493 g/mol. The number of likely N-dealkylation sites (tertiary alicyclic amines) is 1. The number of aromatic hydroxyl groups is 3. The Hall–Kier alpha value is -3.91. The van der Waals surface area contributed by atoms with Gasteiger partial charge >= 0.3 is 0 Å². The van der Waals surface area contributed by atoms with E-state index in [0.29, 0.717) is 34.2 Å². The lowest BCUT2D eigenvalue weighted by Gasteiger charge is -2.26. The molecule has 0 radical (unpaired) electrons. The summed E-state index contributed by atoms with van der Waals surface area (Å²) in [4.78, 5) is 6.88. The molecule has 1 heterocycles. The summed E-state index contributed by atoms with van der Waals surface area (Å²) < 4.78 is 16.8. The Labute approximate surface area is 211 Å². The van der Waals surface area contributed by atoms with Gasteiger partial charge in [0.2, 0.25) is 0 Å². The van der Waals surface area contributed by atoms with Crippen LogP contribution in [0.3, 0.4) is 0 Å². The highest BCUT2D eigenvalue weighted by Crippen LogP contribution is 2.50. The van der Waals surface area contributed by atoms with Gasteiger partial charge in [0.25, 0.3) is 0 Å². The predicted octanol–water partition coefficient (Wildman–Crippen LogP) is 4.70. The van der Waals surface area contributed by atoms with Crippen LogP contribution in [0.4, 0.5) is 0 Å². The number of rotatable bonds is 8. The van der Waals surface area contributed by atoms with Gasteiger partial charge in [0.1, 0.15) is 18.1 Å². The number of phenolic OH excluding ortho intramolecular Hbond substituents is 3. The molecule has 8 nitrogen and oxygen atoms in total. The van der Waals surface area contributed by atoms with Crippen LogP contribution in [-0.4, -0.2) is 73.4 Å². The normalized spacial score (nSPS) is 14.8. The van der Waals surface area contributed by atoms with E-state index in [2.05, 4.69) is 16.9 Å². The van der Waals surface area contributed by atoms with Gasteiger partial charge in [-0.2, -0.15) is 0 Å². The van der Waals surface area contributed by atoms with Crippen LogP contribution in [0, 0.1) is 0 Å². The van der Waals surface area contributed by atoms with Crippen LogP contribution in [-0.2, 0) is 0 Å². The summed E-state index contributed by atoms with van der Waals surface area (Å²) in [5, 5.41) is 31.4. The lowest BCUT2D eigenvalue weighted by atomic mass is 9.96. The van der Waals surface area contributed by atoms with Gasteiger partial charge in [0, 0.05) is 11.8 Å². The van der Waals surface area contributed by atoms with Crippen LogP contribution < -0.4 is 14.2 Å². The molecule has 36 heavy (non-hydrogen) atoms. The first-order valence-corrected chi connectivity index (χ1v) is 11.8. The molecule has 0 aliphatic carbocycles. The number of methoxy groups -OCH3 is 2. The zero-order chi connectivity index (χ0) is 25.7. The molecule has 0 atom stereocenters. The summed E-state index contributed by atoms with van der Waals surface area (Å²) in [6, 6.07) is 13.5. The van der Waals surface area contributed by atoms with E-state index in [4.69, 9.17) is 14.2 Å². The Balaban J connectivity index is 1.56. The van der Waals surface area contributed by atoms with Crippen LogP contribution in [0.1, 0.15) is 12.8 Å². The Morgan fingerprint density at radius 3 is 2.25 bits per heavy atom. The molecule has 1 aliphatic heterocycles. The van der Waals surface area contributed by atoms with E-state index in [1.807, 2.05) is 0 Å². The highest BCUT2D eigenvalue weighted by atomic mass is 16.5. The summed E-state index contributed by atoms with van der Waals surface area (Å²) in [7, 11) is 5.09. The molecule has 0 bridgehead atoms. The van der Waals surface area contributed by atoms with Crippen molar-refractivity contribution in [3.8, 4) is 56.8 Å². The van der Waals surface area contributed by atoms with Crippen molar-refractivity contribution in [2.24, 2.45) is 4.99 Å². The zero-order valence-electron chi connectivity index (χ0n) is 20.8. The molecule has 0 amide bonds. The maximum Gasteiger partial charge on any atom is 0.170 e. The van der Waals surface area contributed by atoms with E-state index in [0.717, 1.165) is 31.5 Å². The van der Waals surface area contributed by atoms with Gasteiger partial charge in [-0.1, -0.05) is 18.2 Å². The first-order chi connectivity index (χ1) is 17.4. The fourth-order valence-electron chi connectivity index (χ4n) is 4.39. The summed E-state index contributed by atoms with van der Waals surface area (Å²) in [6.07, 6.45) is 3.83. The molecule has 1 fully saturated rings. The lowest BCUT2D eigenvalue weighted by Crippen LogP contribution is -2.32. The second kappa shape index (κ2) is 11.2. The van der Waals surface area contributed by atoms with Crippen molar-refractivity contribution in [1.29, 1.82) is 0 Å². The number of nitrogens with zero attached hydrogens (tertiary/aromatic N) is 2. The van der Waals surface area contributed by atoms with Crippen molar-refractivity contribution in [2.45, 2.75) is 18.9 Å². The smallest absolute Gasteiger partial charge is 0.170 e. The fourth-order valence-corrected chi connectivity index (χ4v) is 4.39. The van der Waals surface area contributed by atoms with Crippen molar-refractivity contribution >= 4 is 6.21 Å². The largest absolute Gasteiger partial charge is 0.508 e. The Morgan fingerprint density at radius 2 is 1.61 bits per heavy atom. The number of piperidine rings is 1. The standard InChI is InChI=1S/C28H32N2O6/c1-30-13-10-20(11-14-30)29-12-15-36-24-9-6-19(16-23(24)32)26-25(34-2)17-22(28(35-3)27(26)33)18-4-7-21(31)8-5-18/h4-9,12,16-17,20,31-33H,10-11,13-15H2,1-3H3. The minimum absolute atomic E-state index is 0.0665. The van der Waals surface area contributed by atoms with Crippen LogP contribution in [0.15, 0.2) is 53.5 Å². The van der Waals surface area contributed by atoms with Crippen LogP contribution in [0.5, 0.6) is 34.5 Å². The third-order valence-electron chi connectivity index (χ3n) is 6.39. The van der Waals surface area contributed by atoms with Crippen molar-refractivity contribution in [1.82, 2.24) is 4.90 Å². The van der Waals surface area contributed by atoms with E-state index < -0.39 is 0 Å². The molecule has 1 aliphatic rings. The quantitative estimate of drug-likeness (QED) is 0.392. The maximum absolute atomic E-state index is 11.1. The van der Waals surface area contributed by atoms with Crippen LogP contribution in [0.25, 0.3) is 22.3 Å². The van der Waals surface area contributed by atoms with Gasteiger partial charge in [0.05, 0.1) is 25.8 Å². The highest BCUT2D eigenvalue weighted by molar-refractivity contribution is 5.88. The SMILES string of the molecule is COc1cc(-c2ccc(O)cc2)c(OC)c(O)c1-c1ccc(OCC=NC2CCN(C)CC2)c(O)c1. The van der Waals surface area contributed by atoms with Crippen molar-refractivity contribution in [2.75, 3.05) is 41.0 Å². The molecule has 3 aromatic carbocycles. The molecule has 1 saturated heterocycles. The number of phenols is 3. The van der Waals surface area contributed by atoms with E-state index in [-0.39, 0.29) is 29.6 Å². The molecular weight excluding hydrogens is 460 g/mol. The molecule has 3 N–H and O–H groups in total. The molecule has 0 unspecified atom stereocenters. The molecule has 4 rings (SSSR count). The number of hydrogen-bond donors (Lipinski definition) is 3. The topological polar surface area (TPSA) is 104 Å². The minimum atomic E-state index is -0.127. The van der Waals surface area contributed by atoms with Gasteiger partial charge < -0.3 is 34.4 Å². The van der Waals surface area contributed by atoms with E-state index in [1.165, 1.54) is 20.3 Å². The Morgan fingerprint density at radius 1 is 0.917 bits per heavy atom. The number of ether oxygens (including phenoxy) is 3. The molecule has 190 valence electrons.